The highest BCUT2D eigenvalue weighted by Gasteiger charge is 2.71. The van der Waals surface area contributed by atoms with E-state index < -0.39 is 10.8 Å². The maximum Gasteiger partial charge on any atom is 0.159 e. The van der Waals surface area contributed by atoms with Gasteiger partial charge in [0.05, 0.1) is 23.0 Å². The van der Waals surface area contributed by atoms with Crippen molar-refractivity contribution >= 4 is 11.6 Å². The van der Waals surface area contributed by atoms with Gasteiger partial charge in [0.25, 0.3) is 0 Å². The molecule has 0 bridgehead atoms. The number of hydrogen-bond acceptors (Lipinski definition) is 4. The molecule has 5 fully saturated rings. The average Bonchev–Trinajstić information content (AvgIpc) is 3.11. The lowest BCUT2D eigenvalue weighted by atomic mass is 9.41. The van der Waals surface area contributed by atoms with Crippen LogP contribution >= 0.6 is 0 Å². The van der Waals surface area contributed by atoms with Crippen molar-refractivity contribution in [1.82, 2.24) is 0 Å². The fourth-order valence-electron chi connectivity index (χ4n) is 10.9. The number of rotatable bonds is 18. The van der Waals surface area contributed by atoms with E-state index in [9.17, 15) is 9.59 Å². The Bertz CT molecular complexity index is 805. The smallest absolute Gasteiger partial charge is 0.159 e. The van der Waals surface area contributed by atoms with Gasteiger partial charge in [0, 0.05) is 13.2 Å². The van der Waals surface area contributed by atoms with Gasteiger partial charge in [-0.3, -0.25) is 9.59 Å². The van der Waals surface area contributed by atoms with Gasteiger partial charge in [0.2, 0.25) is 0 Å². The summed E-state index contributed by atoms with van der Waals surface area (Å²) < 4.78 is 12.5. The fourth-order valence-corrected chi connectivity index (χ4v) is 10.9. The van der Waals surface area contributed by atoms with Crippen LogP contribution in [0.5, 0.6) is 0 Å². The first-order chi connectivity index (χ1) is 22.5. The summed E-state index contributed by atoms with van der Waals surface area (Å²) in [6, 6.07) is 0. The summed E-state index contributed by atoms with van der Waals surface area (Å²) in [7, 11) is 0. The summed E-state index contributed by atoms with van der Waals surface area (Å²) in [5.74, 6) is 3.72. The average molecular weight is 641 g/mol. The van der Waals surface area contributed by atoms with Crippen molar-refractivity contribution < 1.29 is 19.1 Å². The number of ether oxygens (including phenoxy) is 2. The van der Waals surface area contributed by atoms with Crippen LogP contribution in [0.15, 0.2) is 0 Å². The molecule has 5 rings (SSSR count). The Kier molecular flexibility index (Phi) is 14.5. The number of ketones is 2. The first-order valence-electron chi connectivity index (χ1n) is 20.9. The molecule has 0 aromatic carbocycles. The summed E-state index contributed by atoms with van der Waals surface area (Å²) >= 11 is 0. The van der Waals surface area contributed by atoms with E-state index in [0.717, 1.165) is 76.4 Å². The van der Waals surface area contributed by atoms with Crippen molar-refractivity contribution in [2.24, 2.45) is 34.5 Å². The lowest BCUT2D eigenvalue weighted by molar-refractivity contribution is -0.179. The lowest BCUT2D eigenvalue weighted by Crippen LogP contribution is -2.68. The van der Waals surface area contributed by atoms with Gasteiger partial charge in [-0.15, -0.1) is 0 Å². The van der Waals surface area contributed by atoms with E-state index in [1.54, 1.807) is 0 Å². The molecule has 0 amide bonds. The van der Waals surface area contributed by atoms with Crippen molar-refractivity contribution in [2.45, 2.75) is 206 Å². The second-order valence-electron chi connectivity index (χ2n) is 16.8. The Morgan fingerprint density at radius 3 is 1.09 bits per heavy atom. The van der Waals surface area contributed by atoms with Crippen molar-refractivity contribution in [1.29, 1.82) is 0 Å². The third kappa shape index (κ3) is 8.88. The minimum Gasteiger partial charge on any atom is -0.378 e. The molecule has 4 heteroatoms. The number of Topliss-reactive ketones (excluding diaryl/α,β-unsaturated/α-hetero) is 2. The normalized spacial score (nSPS) is 36.7. The first-order valence-corrected chi connectivity index (χ1v) is 20.9. The third-order valence-electron chi connectivity index (χ3n) is 14.0. The molecule has 0 radical (unpaired) electrons. The largest absolute Gasteiger partial charge is 0.378 e. The molecule has 264 valence electrons. The van der Waals surface area contributed by atoms with Gasteiger partial charge in [-0.25, -0.2) is 0 Å². The lowest BCUT2D eigenvalue weighted by Gasteiger charge is -2.58. The van der Waals surface area contributed by atoms with E-state index >= 15 is 0 Å². The summed E-state index contributed by atoms with van der Waals surface area (Å²) in [5, 5.41) is 0. The Morgan fingerprint density at radius 2 is 0.739 bits per heavy atom. The van der Waals surface area contributed by atoms with E-state index in [1.165, 1.54) is 128 Å². The maximum atomic E-state index is 13.9. The van der Waals surface area contributed by atoms with Gasteiger partial charge in [0.15, 0.2) is 11.6 Å². The predicted octanol–water partition coefficient (Wildman–Crippen LogP) is 11.4. The minimum absolute atomic E-state index is 0.375. The standard InChI is InChI=1S/C42H72O4/c1-3-5-7-9-11-13-31-45-37-19-15-33(16-20-37)35-23-27-41(28-24-35)39(43)42(40(41)44)29-25-36(26-30-42)34-17-21-38(22-18-34)46-32-14-12-10-8-6-4-2/h33-38H,3-32H2,1-2H3/t33-,34-,35?,36?,37-,38-,41?,42?. The van der Waals surface area contributed by atoms with Gasteiger partial charge in [0.1, 0.15) is 0 Å². The van der Waals surface area contributed by atoms with Crippen LogP contribution in [0.2, 0.25) is 0 Å². The zero-order valence-corrected chi connectivity index (χ0v) is 30.3. The highest BCUT2D eigenvalue weighted by atomic mass is 16.5. The van der Waals surface area contributed by atoms with Crippen LogP contribution in [0.1, 0.15) is 194 Å². The van der Waals surface area contributed by atoms with Gasteiger partial charge in [-0.2, -0.15) is 0 Å². The monoisotopic (exact) mass is 641 g/mol. The molecule has 4 nitrogen and oxygen atoms in total. The van der Waals surface area contributed by atoms with Gasteiger partial charge in [-0.1, -0.05) is 78.1 Å². The van der Waals surface area contributed by atoms with Crippen LogP contribution in [0.3, 0.4) is 0 Å². The van der Waals surface area contributed by atoms with Crippen molar-refractivity contribution in [3.63, 3.8) is 0 Å². The Labute approximate surface area is 283 Å². The van der Waals surface area contributed by atoms with Crippen LogP contribution in [-0.2, 0) is 19.1 Å². The zero-order chi connectivity index (χ0) is 32.2. The molecule has 0 unspecified atom stereocenters. The molecule has 0 aromatic rings. The van der Waals surface area contributed by atoms with Gasteiger partial charge in [-0.05, 0) is 139 Å². The van der Waals surface area contributed by atoms with Gasteiger partial charge >= 0.3 is 0 Å². The Balaban J connectivity index is 0.950. The molecule has 0 saturated heterocycles. The second kappa shape index (κ2) is 18.3. The molecule has 0 heterocycles. The van der Waals surface area contributed by atoms with Crippen molar-refractivity contribution in [3.8, 4) is 0 Å². The zero-order valence-electron chi connectivity index (χ0n) is 30.3. The molecule has 0 atom stereocenters. The highest BCUT2D eigenvalue weighted by molar-refractivity contribution is 6.30. The molecule has 0 aromatic heterocycles. The molecule has 46 heavy (non-hydrogen) atoms. The van der Waals surface area contributed by atoms with Gasteiger partial charge < -0.3 is 9.47 Å². The van der Waals surface area contributed by atoms with Crippen LogP contribution < -0.4 is 0 Å². The van der Waals surface area contributed by atoms with Crippen LogP contribution in [0.4, 0.5) is 0 Å². The highest BCUT2D eigenvalue weighted by Crippen LogP contribution is 2.62. The molecule has 5 aliphatic carbocycles. The van der Waals surface area contributed by atoms with Crippen molar-refractivity contribution in [2.75, 3.05) is 13.2 Å². The van der Waals surface area contributed by atoms with E-state index in [1.807, 2.05) is 0 Å². The van der Waals surface area contributed by atoms with E-state index in [4.69, 9.17) is 9.47 Å². The summed E-state index contributed by atoms with van der Waals surface area (Å²) in [5.41, 5.74) is -1.18. The maximum absolute atomic E-state index is 13.9. The third-order valence-corrected chi connectivity index (χ3v) is 14.0. The topological polar surface area (TPSA) is 52.6 Å². The minimum atomic E-state index is -0.591. The summed E-state index contributed by atoms with van der Waals surface area (Å²) in [4.78, 5) is 27.8. The van der Waals surface area contributed by atoms with Crippen molar-refractivity contribution in [3.05, 3.63) is 0 Å². The SMILES string of the molecule is CCCCCCCCO[C@H]1CC[C@H](C2CCC3(CC2)C(=O)C2(CCC([C@H]4CC[C@H](OCCCCCCCC)CC4)CC2)C3=O)CC1. The quantitative estimate of drug-likeness (QED) is 0.110. The molecular weight excluding hydrogens is 568 g/mol. The molecule has 0 aliphatic heterocycles. The second-order valence-corrected chi connectivity index (χ2v) is 16.8. The molecule has 2 spiro atoms. The number of unbranched alkanes of at least 4 members (excludes halogenated alkanes) is 10. The van der Waals surface area contributed by atoms with Crippen LogP contribution in [0.25, 0.3) is 0 Å². The first kappa shape index (κ1) is 36.5. The van der Waals surface area contributed by atoms with E-state index in [0.29, 0.717) is 35.6 Å². The van der Waals surface area contributed by atoms with E-state index in [2.05, 4.69) is 13.8 Å². The number of hydrogen-bond donors (Lipinski definition) is 0. The summed E-state index contributed by atoms with van der Waals surface area (Å²) in [6.45, 7) is 6.43. The fraction of sp³-hybridized carbons (Fsp3) is 0.952. The Hall–Kier alpha value is -0.740. The molecular formula is C42H72O4. The number of carbonyl (C=O) groups excluding carboxylic acids is 2. The Morgan fingerprint density at radius 1 is 0.435 bits per heavy atom. The van der Waals surface area contributed by atoms with Crippen LogP contribution in [-0.4, -0.2) is 37.0 Å². The molecule has 5 aliphatic rings. The summed E-state index contributed by atoms with van der Waals surface area (Å²) in [6.07, 6.45) is 34.5. The number of carbonyl (C=O) groups is 2. The van der Waals surface area contributed by atoms with E-state index in [-0.39, 0.29) is 0 Å². The molecule has 5 saturated carbocycles. The van der Waals surface area contributed by atoms with Crippen LogP contribution in [0, 0.1) is 34.5 Å². The molecule has 0 N–H and O–H groups in total. The predicted molar refractivity (Wildman–Crippen MR) is 189 cm³/mol.